The van der Waals surface area contributed by atoms with Crippen LogP contribution in [-0.4, -0.2) is 24.1 Å². The van der Waals surface area contributed by atoms with Crippen molar-refractivity contribution in [2.45, 2.75) is 31.8 Å². The molecule has 1 heterocycles. The Morgan fingerprint density at radius 2 is 1.80 bits per heavy atom. The predicted molar refractivity (Wildman–Crippen MR) is 97.6 cm³/mol. The molecule has 3 rings (SSSR count). The maximum atomic E-state index is 12.0. The molecule has 0 unspecified atom stereocenters. The molecule has 2 N–H and O–H groups in total. The lowest BCUT2D eigenvalue weighted by Gasteiger charge is -2.22. The number of nitrogens with zero attached hydrogens (tertiary/aromatic N) is 1. The zero-order valence-corrected chi connectivity index (χ0v) is 15.2. The highest BCUT2D eigenvalue weighted by atomic mass is 35.5. The molecule has 1 aromatic carbocycles. The van der Waals surface area contributed by atoms with Crippen molar-refractivity contribution in [2.24, 2.45) is 5.73 Å². The van der Waals surface area contributed by atoms with Crippen molar-refractivity contribution >= 4 is 29.1 Å². The number of carbonyl (C=O) groups excluding carboxylic acids is 1. The molecular weight excluding hydrogens is 363 g/mol. The van der Waals surface area contributed by atoms with Gasteiger partial charge < -0.3 is 15.2 Å². The third kappa shape index (κ3) is 3.53. The minimum Gasteiger partial charge on any atom is -0.493 e. The molecule has 1 fully saturated rings. The highest BCUT2D eigenvalue weighted by molar-refractivity contribution is 6.39. The number of hydrogen-bond donors (Lipinski definition) is 1. The first kappa shape index (κ1) is 17.8. The summed E-state index contributed by atoms with van der Waals surface area (Å²) in [5, 5.41) is 0.610. The van der Waals surface area contributed by atoms with Crippen LogP contribution in [0.1, 0.15) is 36.0 Å². The Kier molecular flexibility index (Phi) is 5.35. The summed E-state index contributed by atoms with van der Waals surface area (Å²) in [6.45, 7) is 0. The van der Waals surface area contributed by atoms with Crippen molar-refractivity contribution in [1.29, 1.82) is 0 Å². The van der Waals surface area contributed by atoms with Gasteiger partial charge >= 0.3 is 0 Å². The van der Waals surface area contributed by atoms with Gasteiger partial charge in [-0.15, -0.1) is 0 Å². The summed E-state index contributed by atoms with van der Waals surface area (Å²) in [5.74, 6) is 0.328. The fourth-order valence-corrected chi connectivity index (χ4v) is 3.67. The first-order valence-electron chi connectivity index (χ1n) is 7.99. The molecule has 1 aromatic heterocycles. The minimum atomic E-state index is -0.599. The third-order valence-corrected chi connectivity index (χ3v) is 4.87. The normalized spacial score (nSPS) is 14.5. The summed E-state index contributed by atoms with van der Waals surface area (Å²) in [5.41, 5.74) is 6.75. The van der Waals surface area contributed by atoms with E-state index >= 15 is 0 Å². The average molecular weight is 381 g/mol. The van der Waals surface area contributed by atoms with Crippen molar-refractivity contribution < 1.29 is 14.3 Å². The molecule has 5 nitrogen and oxygen atoms in total. The lowest BCUT2D eigenvalue weighted by molar-refractivity contribution is 0.1000. The van der Waals surface area contributed by atoms with Gasteiger partial charge in [-0.3, -0.25) is 9.78 Å². The number of methoxy groups -OCH3 is 1. The SMILES string of the molecule is COc1ccc(C(N)=O)c(-c2c(Cl)cncc2Cl)c1OC1CCCC1. The Balaban J connectivity index is 2.26. The van der Waals surface area contributed by atoms with Gasteiger partial charge in [-0.1, -0.05) is 23.2 Å². The van der Waals surface area contributed by atoms with E-state index in [9.17, 15) is 4.79 Å². The molecule has 0 aliphatic heterocycles. The largest absolute Gasteiger partial charge is 0.493 e. The van der Waals surface area contributed by atoms with Crippen LogP contribution < -0.4 is 15.2 Å². The molecule has 0 bridgehead atoms. The highest BCUT2D eigenvalue weighted by Crippen LogP contribution is 2.46. The number of nitrogens with two attached hydrogens (primary N) is 1. The molecule has 1 saturated carbocycles. The van der Waals surface area contributed by atoms with Crippen LogP contribution in [0.15, 0.2) is 24.5 Å². The molecule has 1 aliphatic rings. The van der Waals surface area contributed by atoms with Crippen LogP contribution in [-0.2, 0) is 0 Å². The second kappa shape index (κ2) is 7.50. The van der Waals surface area contributed by atoms with Crippen LogP contribution in [0.4, 0.5) is 0 Å². The number of aromatic nitrogens is 1. The zero-order chi connectivity index (χ0) is 18.0. The van der Waals surface area contributed by atoms with Crippen molar-refractivity contribution in [3.8, 4) is 22.6 Å². The molecule has 1 aliphatic carbocycles. The van der Waals surface area contributed by atoms with E-state index in [1.807, 2.05) is 0 Å². The number of halogens is 2. The number of amides is 1. The summed E-state index contributed by atoms with van der Waals surface area (Å²) in [6.07, 6.45) is 7.08. The topological polar surface area (TPSA) is 74.4 Å². The molecule has 0 saturated heterocycles. The lowest BCUT2D eigenvalue weighted by atomic mass is 9.98. The molecule has 0 radical (unpaired) electrons. The summed E-state index contributed by atoms with van der Waals surface area (Å²) in [6, 6.07) is 3.25. The van der Waals surface area contributed by atoms with Gasteiger partial charge in [0.1, 0.15) is 0 Å². The molecule has 2 aromatic rings. The van der Waals surface area contributed by atoms with Crippen molar-refractivity contribution in [3.05, 3.63) is 40.1 Å². The Hall–Kier alpha value is -1.98. The monoisotopic (exact) mass is 380 g/mol. The minimum absolute atomic E-state index is 0.0511. The number of hydrogen-bond acceptors (Lipinski definition) is 4. The maximum absolute atomic E-state index is 12.0. The van der Waals surface area contributed by atoms with E-state index in [2.05, 4.69) is 4.98 Å². The Bertz CT molecular complexity index is 785. The Morgan fingerprint density at radius 3 is 2.36 bits per heavy atom. The number of pyridine rings is 1. The summed E-state index contributed by atoms with van der Waals surface area (Å²) in [7, 11) is 1.54. The fourth-order valence-electron chi connectivity index (χ4n) is 3.12. The first-order valence-corrected chi connectivity index (χ1v) is 8.75. The standard InChI is InChI=1S/C18H18Cl2N2O3/c1-24-14-7-6-11(18(21)23)15(16-12(19)8-22-9-13(16)20)17(14)25-10-4-2-3-5-10/h6-10H,2-5H2,1H3,(H2,21,23). The molecule has 7 heteroatoms. The molecule has 1 amide bonds. The van der Waals surface area contributed by atoms with Crippen LogP contribution in [0.2, 0.25) is 10.0 Å². The van der Waals surface area contributed by atoms with Crippen LogP contribution in [0.5, 0.6) is 11.5 Å². The predicted octanol–water partition coefficient (Wildman–Crippen LogP) is 4.48. The van der Waals surface area contributed by atoms with Crippen LogP contribution in [0.3, 0.4) is 0 Å². The van der Waals surface area contributed by atoms with E-state index in [-0.39, 0.29) is 11.7 Å². The van der Waals surface area contributed by atoms with Crippen molar-refractivity contribution in [1.82, 2.24) is 4.98 Å². The van der Waals surface area contributed by atoms with E-state index in [1.54, 1.807) is 19.2 Å². The second-order valence-electron chi connectivity index (χ2n) is 5.89. The molecular formula is C18H18Cl2N2O3. The van der Waals surface area contributed by atoms with Gasteiger partial charge in [-0.25, -0.2) is 0 Å². The van der Waals surface area contributed by atoms with Gasteiger partial charge in [-0.05, 0) is 37.8 Å². The van der Waals surface area contributed by atoms with Gasteiger partial charge in [0.05, 0.1) is 28.8 Å². The molecule has 0 spiro atoms. The highest BCUT2D eigenvalue weighted by Gasteiger charge is 2.27. The average Bonchev–Trinajstić information content (AvgIpc) is 3.08. The van der Waals surface area contributed by atoms with Crippen LogP contribution in [0.25, 0.3) is 11.1 Å². The smallest absolute Gasteiger partial charge is 0.249 e. The van der Waals surface area contributed by atoms with Crippen LogP contribution in [0, 0.1) is 0 Å². The number of primary amides is 1. The molecule has 132 valence electrons. The van der Waals surface area contributed by atoms with E-state index in [0.29, 0.717) is 32.7 Å². The van der Waals surface area contributed by atoms with E-state index in [1.165, 1.54) is 12.4 Å². The zero-order valence-electron chi connectivity index (χ0n) is 13.7. The van der Waals surface area contributed by atoms with Gasteiger partial charge in [-0.2, -0.15) is 0 Å². The fraction of sp³-hybridized carbons (Fsp3) is 0.333. The van der Waals surface area contributed by atoms with Gasteiger partial charge in [0.2, 0.25) is 5.91 Å². The van der Waals surface area contributed by atoms with Gasteiger partial charge in [0, 0.05) is 23.5 Å². The number of rotatable bonds is 5. The van der Waals surface area contributed by atoms with Gasteiger partial charge in [0.25, 0.3) is 0 Å². The number of ether oxygens (including phenoxy) is 2. The van der Waals surface area contributed by atoms with Crippen LogP contribution >= 0.6 is 23.2 Å². The van der Waals surface area contributed by atoms with E-state index in [0.717, 1.165) is 25.7 Å². The van der Waals surface area contributed by atoms with Crippen molar-refractivity contribution in [2.75, 3.05) is 7.11 Å². The van der Waals surface area contributed by atoms with Crippen molar-refractivity contribution in [3.63, 3.8) is 0 Å². The summed E-state index contributed by atoms with van der Waals surface area (Å²) < 4.78 is 11.7. The van der Waals surface area contributed by atoms with E-state index < -0.39 is 5.91 Å². The molecule has 0 atom stereocenters. The summed E-state index contributed by atoms with van der Waals surface area (Å²) >= 11 is 12.7. The Labute approximate surface area is 156 Å². The quantitative estimate of drug-likeness (QED) is 0.829. The Morgan fingerprint density at radius 1 is 1.16 bits per heavy atom. The number of carbonyl (C=O) groups is 1. The van der Waals surface area contributed by atoms with E-state index in [4.69, 9.17) is 38.4 Å². The molecule has 25 heavy (non-hydrogen) atoms. The summed E-state index contributed by atoms with van der Waals surface area (Å²) in [4.78, 5) is 16.0. The number of benzene rings is 1. The lowest BCUT2D eigenvalue weighted by Crippen LogP contribution is -2.17. The maximum Gasteiger partial charge on any atom is 0.249 e. The second-order valence-corrected chi connectivity index (χ2v) is 6.70. The third-order valence-electron chi connectivity index (χ3n) is 4.30. The first-order chi connectivity index (χ1) is 12.0. The van der Waals surface area contributed by atoms with Gasteiger partial charge in [0.15, 0.2) is 11.5 Å².